The summed E-state index contributed by atoms with van der Waals surface area (Å²) in [4.78, 5) is 16.0. The first-order valence-corrected chi connectivity index (χ1v) is 8.97. The highest BCUT2D eigenvalue weighted by atomic mass is 19.4. The summed E-state index contributed by atoms with van der Waals surface area (Å²) in [6.45, 7) is 3.57. The van der Waals surface area contributed by atoms with Crippen LogP contribution in [-0.2, 0) is 6.54 Å². The fourth-order valence-corrected chi connectivity index (χ4v) is 2.64. The number of aliphatic hydroxyl groups is 1. The van der Waals surface area contributed by atoms with Crippen LogP contribution in [0.25, 0.3) is 16.9 Å². The minimum atomic E-state index is -5.98. The average Bonchev–Trinajstić information content (AvgIpc) is 3.13. The molecule has 0 bridgehead atoms. The lowest BCUT2D eigenvalue weighted by molar-refractivity contribution is -0.362. The molecule has 3 aromatic heterocycles. The summed E-state index contributed by atoms with van der Waals surface area (Å²) in [5.74, 6) is -0.537. The van der Waals surface area contributed by atoms with Crippen molar-refractivity contribution in [1.82, 2.24) is 24.5 Å². The van der Waals surface area contributed by atoms with E-state index in [0.29, 0.717) is 5.70 Å². The lowest BCUT2D eigenvalue weighted by Crippen LogP contribution is -2.61. The first-order chi connectivity index (χ1) is 14.8. The number of anilines is 2. The number of fused-ring (bicyclic) bond motifs is 1. The van der Waals surface area contributed by atoms with Crippen molar-refractivity contribution in [1.29, 1.82) is 0 Å². The highest BCUT2D eigenvalue weighted by Crippen LogP contribution is 2.43. The minimum Gasteiger partial charge on any atom is -0.372 e. The SMILES string of the molecule is C=C(C)n1cnc2c(NCc3cccnc3)nc(NCC(O)(C(F)(F)F)C(F)(F)F)nc21. The fourth-order valence-electron chi connectivity index (χ4n) is 2.64. The summed E-state index contributed by atoms with van der Waals surface area (Å²) in [6, 6.07) is 3.43. The molecule has 3 N–H and O–H groups in total. The van der Waals surface area contributed by atoms with Crippen LogP contribution in [0.4, 0.5) is 38.1 Å². The van der Waals surface area contributed by atoms with Crippen LogP contribution in [-0.4, -0.2) is 54.1 Å². The summed E-state index contributed by atoms with van der Waals surface area (Å²) < 4.78 is 79.2. The van der Waals surface area contributed by atoms with Gasteiger partial charge in [-0.3, -0.25) is 9.55 Å². The van der Waals surface area contributed by atoms with Crippen LogP contribution in [0.15, 0.2) is 37.4 Å². The van der Waals surface area contributed by atoms with Crippen molar-refractivity contribution in [2.75, 3.05) is 17.2 Å². The third-order valence-corrected chi connectivity index (χ3v) is 4.43. The molecule has 0 unspecified atom stereocenters. The van der Waals surface area contributed by atoms with E-state index in [-0.39, 0.29) is 23.5 Å². The molecule has 0 aliphatic rings. The molecule has 0 spiro atoms. The van der Waals surface area contributed by atoms with Gasteiger partial charge in [-0.15, -0.1) is 0 Å². The van der Waals surface area contributed by atoms with E-state index in [9.17, 15) is 31.4 Å². The van der Waals surface area contributed by atoms with Crippen molar-refractivity contribution in [2.24, 2.45) is 0 Å². The van der Waals surface area contributed by atoms with Crippen molar-refractivity contribution >= 4 is 28.6 Å². The maximum Gasteiger partial charge on any atom is 0.428 e. The maximum absolute atomic E-state index is 13.0. The number of alkyl halides is 6. The van der Waals surface area contributed by atoms with Crippen LogP contribution >= 0.6 is 0 Å². The molecule has 0 aromatic carbocycles. The number of imidazole rings is 1. The van der Waals surface area contributed by atoms with Gasteiger partial charge in [0, 0.05) is 24.6 Å². The van der Waals surface area contributed by atoms with Gasteiger partial charge in [-0.2, -0.15) is 36.3 Å². The number of rotatable bonds is 7. The number of allylic oxidation sites excluding steroid dienone is 1. The molecule has 3 rings (SSSR count). The van der Waals surface area contributed by atoms with Gasteiger partial charge in [0.1, 0.15) is 6.33 Å². The average molecular weight is 461 g/mol. The molecular formula is C18H17F6N7O. The maximum atomic E-state index is 13.0. The summed E-state index contributed by atoms with van der Waals surface area (Å²) in [6.07, 6.45) is -7.51. The third-order valence-electron chi connectivity index (χ3n) is 4.43. The van der Waals surface area contributed by atoms with Crippen LogP contribution < -0.4 is 10.6 Å². The first-order valence-electron chi connectivity index (χ1n) is 8.97. The molecule has 14 heteroatoms. The predicted molar refractivity (Wildman–Crippen MR) is 103 cm³/mol. The standard InChI is InChI=1S/C18H17F6N7O/c1-10(2)31-9-28-12-13(26-7-11-4-3-5-25-6-11)29-15(30-14(12)31)27-8-16(32,17(19,20)21)18(22,23)24/h3-6,9,32H,1,7-8H2,2H3,(H2,26,27,29,30). The van der Waals surface area contributed by atoms with Gasteiger partial charge in [0.2, 0.25) is 5.95 Å². The number of halogens is 6. The number of pyridine rings is 1. The van der Waals surface area contributed by atoms with Crippen LogP contribution in [0.2, 0.25) is 0 Å². The highest BCUT2D eigenvalue weighted by molar-refractivity contribution is 5.86. The Bertz CT molecular complexity index is 1100. The van der Waals surface area contributed by atoms with Crippen LogP contribution in [0.1, 0.15) is 12.5 Å². The van der Waals surface area contributed by atoms with Gasteiger partial charge in [0.05, 0.1) is 6.54 Å². The molecule has 0 atom stereocenters. The molecule has 0 saturated heterocycles. The molecule has 3 heterocycles. The molecule has 0 radical (unpaired) electrons. The second-order valence-corrected chi connectivity index (χ2v) is 6.84. The molecule has 0 aliphatic heterocycles. The van der Waals surface area contributed by atoms with Gasteiger partial charge in [-0.05, 0) is 18.6 Å². The van der Waals surface area contributed by atoms with Crippen molar-refractivity contribution in [3.05, 3.63) is 43.0 Å². The molecule has 0 fully saturated rings. The van der Waals surface area contributed by atoms with E-state index < -0.39 is 30.4 Å². The predicted octanol–water partition coefficient (Wildman–Crippen LogP) is 3.59. The van der Waals surface area contributed by atoms with E-state index in [1.54, 1.807) is 31.5 Å². The van der Waals surface area contributed by atoms with Gasteiger partial charge in [-0.25, -0.2) is 4.98 Å². The Hall–Kier alpha value is -3.42. The van der Waals surface area contributed by atoms with Crippen molar-refractivity contribution < 1.29 is 31.4 Å². The zero-order chi connectivity index (χ0) is 23.7. The van der Waals surface area contributed by atoms with E-state index in [2.05, 4.69) is 31.8 Å². The van der Waals surface area contributed by atoms with Crippen molar-refractivity contribution in [2.45, 2.75) is 31.4 Å². The normalized spacial score (nSPS) is 12.8. The second-order valence-electron chi connectivity index (χ2n) is 6.84. The molecular weight excluding hydrogens is 444 g/mol. The molecule has 32 heavy (non-hydrogen) atoms. The molecule has 0 aliphatic carbocycles. The minimum absolute atomic E-state index is 0.0453. The number of nitrogens with one attached hydrogen (secondary N) is 2. The molecule has 0 saturated carbocycles. The highest BCUT2D eigenvalue weighted by Gasteiger charge is 2.70. The van der Waals surface area contributed by atoms with Crippen molar-refractivity contribution in [3.63, 3.8) is 0 Å². The lowest BCUT2D eigenvalue weighted by atomic mass is 10.0. The Kier molecular flexibility index (Phi) is 6.00. The van der Waals surface area contributed by atoms with E-state index >= 15 is 0 Å². The number of hydrogen-bond donors (Lipinski definition) is 3. The zero-order valence-electron chi connectivity index (χ0n) is 16.5. The topological polar surface area (TPSA) is 101 Å². The van der Waals surface area contributed by atoms with E-state index in [0.717, 1.165) is 5.56 Å². The summed E-state index contributed by atoms with van der Waals surface area (Å²) >= 11 is 0. The molecule has 0 amide bonds. The fraction of sp³-hybridized carbons (Fsp3) is 0.333. The Balaban J connectivity index is 1.97. The Morgan fingerprint density at radius 2 is 1.81 bits per heavy atom. The number of hydrogen-bond acceptors (Lipinski definition) is 7. The Morgan fingerprint density at radius 1 is 1.12 bits per heavy atom. The summed E-state index contributed by atoms with van der Waals surface area (Å²) in [5, 5.41) is 14.1. The van der Waals surface area contributed by atoms with Gasteiger partial charge in [0.15, 0.2) is 17.0 Å². The van der Waals surface area contributed by atoms with Crippen LogP contribution in [0, 0.1) is 0 Å². The first kappa shape index (κ1) is 23.2. The smallest absolute Gasteiger partial charge is 0.372 e. The molecule has 8 nitrogen and oxygen atoms in total. The van der Waals surface area contributed by atoms with Gasteiger partial charge < -0.3 is 15.7 Å². The summed E-state index contributed by atoms with van der Waals surface area (Å²) in [7, 11) is 0. The number of nitrogens with zero attached hydrogens (tertiary/aromatic N) is 5. The van der Waals surface area contributed by atoms with Gasteiger partial charge >= 0.3 is 12.4 Å². The zero-order valence-corrected chi connectivity index (χ0v) is 16.5. The largest absolute Gasteiger partial charge is 0.428 e. The van der Waals surface area contributed by atoms with Gasteiger partial charge in [0.25, 0.3) is 5.60 Å². The molecule has 3 aromatic rings. The van der Waals surface area contributed by atoms with E-state index in [1.165, 1.54) is 10.9 Å². The van der Waals surface area contributed by atoms with E-state index in [4.69, 9.17) is 0 Å². The Morgan fingerprint density at radius 3 is 2.38 bits per heavy atom. The van der Waals surface area contributed by atoms with Crippen molar-refractivity contribution in [3.8, 4) is 0 Å². The van der Waals surface area contributed by atoms with Crippen LogP contribution in [0.5, 0.6) is 0 Å². The third kappa shape index (κ3) is 4.44. The van der Waals surface area contributed by atoms with E-state index in [1.807, 2.05) is 5.32 Å². The summed E-state index contributed by atoms with van der Waals surface area (Å²) in [5.41, 5.74) is -3.53. The Labute approximate surface area is 177 Å². The lowest BCUT2D eigenvalue weighted by Gasteiger charge is -2.32. The molecule has 172 valence electrons. The van der Waals surface area contributed by atoms with Crippen LogP contribution in [0.3, 0.4) is 0 Å². The quantitative estimate of drug-likeness (QED) is 0.463. The second kappa shape index (κ2) is 8.26. The number of aromatic nitrogens is 5. The van der Waals surface area contributed by atoms with Gasteiger partial charge in [-0.1, -0.05) is 12.6 Å². The monoisotopic (exact) mass is 461 g/mol.